The summed E-state index contributed by atoms with van der Waals surface area (Å²) < 4.78 is 39.5. The van der Waals surface area contributed by atoms with Gasteiger partial charge in [-0.15, -0.1) is 0 Å². The fourth-order valence-corrected chi connectivity index (χ4v) is 2.07. The summed E-state index contributed by atoms with van der Waals surface area (Å²) in [5.41, 5.74) is 0.782. The number of nitrogens with one attached hydrogen (secondary N) is 1. The first-order valence-corrected chi connectivity index (χ1v) is 7.28. The van der Waals surface area contributed by atoms with Crippen molar-refractivity contribution in [2.75, 3.05) is 19.5 Å². The summed E-state index contributed by atoms with van der Waals surface area (Å²) >= 11 is 0. The molecule has 5 nitrogen and oxygen atoms in total. The van der Waals surface area contributed by atoms with Crippen molar-refractivity contribution in [2.24, 2.45) is 0 Å². The third-order valence-electron chi connectivity index (χ3n) is 3.21. The van der Waals surface area contributed by atoms with Crippen molar-refractivity contribution in [1.29, 1.82) is 0 Å². The van der Waals surface area contributed by atoms with Gasteiger partial charge < -0.3 is 19.5 Å². The zero-order valence-electron chi connectivity index (χ0n) is 13.7. The van der Waals surface area contributed by atoms with Crippen LogP contribution in [0, 0.1) is 0 Å². The number of carbonyl (C=O) groups is 1. The highest BCUT2D eigenvalue weighted by Gasteiger charge is 2.09. The van der Waals surface area contributed by atoms with Crippen molar-refractivity contribution in [3.05, 3.63) is 54.1 Å². The molecule has 2 aromatic carbocycles. The third-order valence-corrected chi connectivity index (χ3v) is 3.21. The smallest absolute Gasteiger partial charge is 0.387 e. The summed E-state index contributed by atoms with van der Waals surface area (Å²) in [7, 11) is 2.98. The molecule has 0 saturated carbocycles. The van der Waals surface area contributed by atoms with E-state index in [0.29, 0.717) is 22.7 Å². The Morgan fingerprint density at radius 1 is 1.08 bits per heavy atom. The van der Waals surface area contributed by atoms with Gasteiger partial charge in [-0.05, 0) is 24.3 Å². The molecule has 2 aromatic rings. The van der Waals surface area contributed by atoms with E-state index >= 15 is 0 Å². The van der Waals surface area contributed by atoms with E-state index < -0.39 is 12.5 Å². The predicted octanol–water partition coefficient (Wildman–Crippen LogP) is 3.96. The van der Waals surface area contributed by atoms with Gasteiger partial charge in [0.1, 0.15) is 17.2 Å². The molecule has 0 aliphatic heterocycles. The van der Waals surface area contributed by atoms with E-state index in [0.717, 1.165) is 0 Å². The van der Waals surface area contributed by atoms with Crippen LogP contribution in [0.15, 0.2) is 48.5 Å². The molecule has 0 atom stereocenters. The van der Waals surface area contributed by atoms with Crippen LogP contribution in [-0.4, -0.2) is 26.7 Å². The number of hydrogen-bond donors (Lipinski definition) is 1. The number of rotatable bonds is 7. The third kappa shape index (κ3) is 5.20. The molecule has 0 bridgehead atoms. The Hall–Kier alpha value is -3.09. The molecule has 0 aliphatic rings. The van der Waals surface area contributed by atoms with Gasteiger partial charge in [-0.1, -0.05) is 18.2 Å². The highest BCUT2D eigenvalue weighted by atomic mass is 19.3. The summed E-state index contributed by atoms with van der Waals surface area (Å²) in [6, 6.07) is 11.1. The topological polar surface area (TPSA) is 56.8 Å². The van der Waals surface area contributed by atoms with E-state index in [9.17, 15) is 13.6 Å². The van der Waals surface area contributed by atoms with Gasteiger partial charge in [0.05, 0.1) is 19.9 Å². The lowest BCUT2D eigenvalue weighted by Crippen LogP contribution is -2.09. The predicted molar refractivity (Wildman–Crippen MR) is 90.3 cm³/mol. The maximum absolute atomic E-state index is 12.4. The first-order valence-electron chi connectivity index (χ1n) is 7.28. The average Bonchev–Trinajstić information content (AvgIpc) is 2.60. The maximum Gasteiger partial charge on any atom is 0.387 e. The van der Waals surface area contributed by atoms with E-state index in [1.54, 1.807) is 36.4 Å². The molecule has 132 valence electrons. The zero-order valence-corrected chi connectivity index (χ0v) is 13.7. The van der Waals surface area contributed by atoms with E-state index in [-0.39, 0.29) is 5.75 Å². The van der Waals surface area contributed by atoms with Crippen LogP contribution in [-0.2, 0) is 4.79 Å². The fourth-order valence-electron chi connectivity index (χ4n) is 2.07. The molecule has 0 radical (unpaired) electrons. The molecule has 0 saturated heterocycles. The van der Waals surface area contributed by atoms with Gasteiger partial charge in [-0.2, -0.15) is 8.78 Å². The molecule has 0 fully saturated rings. The minimum absolute atomic E-state index is 0.0134. The summed E-state index contributed by atoms with van der Waals surface area (Å²) in [6.07, 6.45) is 2.60. The first-order chi connectivity index (χ1) is 12.0. The van der Waals surface area contributed by atoms with Gasteiger partial charge in [0, 0.05) is 17.7 Å². The van der Waals surface area contributed by atoms with Gasteiger partial charge in [-0.25, -0.2) is 0 Å². The van der Waals surface area contributed by atoms with Crippen LogP contribution in [0.5, 0.6) is 17.2 Å². The van der Waals surface area contributed by atoms with E-state index in [1.165, 1.54) is 32.4 Å². The Balaban J connectivity index is 2.14. The average molecular weight is 349 g/mol. The van der Waals surface area contributed by atoms with Crippen LogP contribution in [0.4, 0.5) is 14.5 Å². The van der Waals surface area contributed by atoms with Crippen LogP contribution < -0.4 is 19.5 Å². The van der Waals surface area contributed by atoms with Crippen molar-refractivity contribution in [1.82, 2.24) is 0 Å². The molecule has 0 unspecified atom stereocenters. The molecule has 7 heteroatoms. The molecule has 0 aromatic heterocycles. The summed E-state index contributed by atoms with van der Waals surface area (Å²) in [6.45, 7) is -2.94. The lowest BCUT2D eigenvalue weighted by molar-refractivity contribution is -0.111. The number of alkyl halides is 2. The van der Waals surface area contributed by atoms with Crippen LogP contribution in [0.25, 0.3) is 6.08 Å². The minimum atomic E-state index is -2.94. The zero-order chi connectivity index (χ0) is 18.2. The Kier molecular flexibility index (Phi) is 6.33. The summed E-state index contributed by atoms with van der Waals surface area (Å²) in [5.74, 6) is 0.540. The Bertz CT molecular complexity index is 762. The van der Waals surface area contributed by atoms with Gasteiger partial charge in [0.2, 0.25) is 5.91 Å². The van der Waals surface area contributed by atoms with Gasteiger partial charge in [0.15, 0.2) is 0 Å². The van der Waals surface area contributed by atoms with Gasteiger partial charge in [0.25, 0.3) is 0 Å². The van der Waals surface area contributed by atoms with E-state index in [1.807, 2.05) is 0 Å². The van der Waals surface area contributed by atoms with Crippen molar-refractivity contribution >= 4 is 17.7 Å². The number of carbonyl (C=O) groups excluding carboxylic acids is 1. The number of amides is 1. The molecule has 2 rings (SSSR count). The minimum Gasteiger partial charge on any atom is -0.497 e. The lowest BCUT2D eigenvalue weighted by atomic mass is 10.2. The molecular formula is C18H17F2NO4. The summed E-state index contributed by atoms with van der Waals surface area (Å²) in [4.78, 5) is 12.1. The number of para-hydroxylation sites is 1. The normalized spacial score (nSPS) is 10.8. The quantitative estimate of drug-likeness (QED) is 0.769. The Morgan fingerprint density at radius 3 is 2.52 bits per heavy atom. The maximum atomic E-state index is 12.4. The van der Waals surface area contributed by atoms with Crippen LogP contribution in [0.2, 0.25) is 0 Å². The molecule has 0 heterocycles. The van der Waals surface area contributed by atoms with E-state index in [4.69, 9.17) is 9.47 Å². The number of methoxy groups -OCH3 is 2. The standard InChI is InChI=1S/C18H17F2NO4/c1-23-13-8-9-16(24-2)14(11-13)21-17(22)10-7-12-5-3-4-6-15(12)25-18(19)20/h3-11,18H,1-2H3,(H,21,22)/b10-7+. The van der Waals surface area contributed by atoms with Crippen molar-refractivity contribution in [3.63, 3.8) is 0 Å². The van der Waals surface area contributed by atoms with Crippen molar-refractivity contribution in [3.8, 4) is 17.2 Å². The Labute approximate surface area is 143 Å². The number of benzene rings is 2. The highest BCUT2D eigenvalue weighted by Crippen LogP contribution is 2.29. The largest absolute Gasteiger partial charge is 0.497 e. The number of hydrogen-bond acceptors (Lipinski definition) is 4. The van der Waals surface area contributed by atoms with Crippen LogP contribution >= 0.6 is 0 Å². The SMILES string of the molecule is COc1ccc(OC)c(NC(=O)/C=C/c2ccccc2OC(F)F)c1. The highest BCUT2D eigenvalue weighted by molar-refractivity contribution is 6.03. The fraction of sp³-hybridized carbons (Fsp3) is 0.167. The molecule has 0 spiro atoms. The second-order valence-electron chi connectivity index (χ2n) is 4.81. The second-order valence-corrected chi connectivity index (χ2v) is 4.81. The molecule has 1 amide bonds. The monoisotopic (exact) mass is 349 g/mol. The number of halogens is 2. The summed E-state index contributed by atoms with van der Waals surface area (Å²) in [5, 5.41) is 2.65. The molecule has 25 heavy (non-hydrogen) atoms. The molecule has 0 aliphatic carbocycles. The number of anilines is 1. The van der Waals surface area contributed by atoms with E-state index in [2.05, 4.69) is 10.1 Å². The Morgan fingerprint density at radius 2 is 1.84 bits per heavy atom. The van der Waals surface area contributed by atoms with Gasteiger partial charge in [-0.3, -0.25) is 4.79 Å². The van der Waals surface area contributed by atoms with Crippen molar-refractivity contribution < 1.29 is 27.8 Å². The number of ether oxygens (including phenoxy) is 3. The first kappa shape index (κ1) is 18.3. The van der Waals surface area contributed by atoms with Crippen LogP contribution in [0.1, 0.15) is 5.56 Å². The van der Waals surface area contributed by atoms with Crippen molar-refractivity contribution in [2.45, 2.75) is 6.61 Å². The second kappa shape index (κ2) is 8.68. The van der Waals surface area contributed by atoms with Gasteiger partial charge >= 0.3 is 6.61 Å². The lowest BCUT2D eigenvalue weighted by Gasteiger charge is -2.10. The molecule has 1 N–H and O–H groups in total. The molecular weight excluding hydrogens is 332 g/mol. The van der Waals surface area contributed by atoms with Crippen LogP contribution in [0.3, 0.4) is 0 Å².